The maximum Gasteiger partial charge on any atom is 0.255 e. The lowest BCUT2D eigenvalue weighted by molar-refractivity contribution is 0.102. The highest BCUT2D eigenvalue weighted by Gasteiger charge is 2.11. The Kier molecular flexibility index (Phi) is 3.66. The standard InChI is InChI=1S/C13H9ClF2N2O/c14-9-6-8(17)2-4-12(9)18-13(19)7-1-3-10(15)11(16)5-7/h1-6H,17H2,(H,18,19). The molecule has 2 rings (SSSR count). The van der Waals surface area contributed by atoms with E-state index >= 15 is 0 Å². The maximum atomic E-state index is 13.0. The number of anilines is 2. The Hall–Kier alpha value is -2.14. The highest BCUT2D eigenvalue weighted by Crippen LogP contribution is 2.24. The average molecular weight is 283 g/mol. The van der Waals surface area contributed by atoms with Crippen molar-refractivity contribution in [3.63, 3.8) is 0 Å². The summed E-state index contributed by atoms with van der Waals surface area (Å²) in [6, 6.07) is 7.44. The molecule has 0 aliphatic heterocycles. The normalized spacial score (nSPS) is 10.3. The van der Waals surface area contributed by atoms with Crippen molar-refractivity contribution in [2.45, 2.75) is 0 Å². The number of hydrogen-bond acceptors (Lipinski definition) is 2. The molecule has 0 aliphatic carbocycles. The molecule has 0 fully saturated rings. The van der Waals surface area contributed by atoms with Crippen LogP contribution in [0.3, 0.4) is 0 Å². The highest BCUT2D eigenvalue weighted by atomic mass is 35.5. The number of nitrogens with two attached hydrogens (primary N) is 1. The van der Waals surface area contributed by atoms with Crippen LogP contribution in [0, 0.1) is 11.6 Å². The minimum atomic E-state index is -1.09. The molecule has 0 bridgehead atoms. The van der Waals surface area contributed by atoms with Gasteiger partial charge in [0.2, 0.25) is 0 Å². The fourth-order valence-corrected chi connectivity index (χ4v) is 1.70. The predicted octanol–water partition coefficient (Wildman–Crippen LogP) is 3.45. The van der Waals surface area contributed by atoms with E-state index in [1.165, 1.54) is 18.2 Å². The fourth-order valence-electron chi connectivity index (χ4n) is 1.46. The first-order valence-corrected chi connectivity index (χ1v) is 5.66. The lowest BCUT2D eigenvalue weighted by atomic mass is 10.2. The molecule has 3 N–H and O–H groups in total. The Bertz CT molecular complexity index is 647. The molecular formula is C13H9ClF2N2O. The van der Waals surface area contributed by atoms with Crippen molar-refractivity contribution in [2.75, 3.05) is 11.1 Å². The summed E-state index contributed by atoms with van der Waals surface area (Å²) in [5.41, 5.74) is 6.30. The smallest absolute Gasteiger partial charge is 0.255 e. The summed E-state index contributed by atoms with van der Waals surface area (Å²) in [6.45, 7) is 0. The first-order chi connectivity index (χ1) is 8.97. The molecule has 98 valence electrons. The summed E-state index contributed by atoms with van der Waals surface area (Å²) >= 11 is 5.89. The van der Waals surface area contributed by atoms with E-state index < -0.39 is 17.5 Å². The van der Waals surface area contributed by atoms with Gasteiger partial charge in [-0.25, -0.2) is 8.78 Å². The quantitative estimate of drug-likeness (QED) is 0.829. The molecule has 3 nitrogen and oxygen atoms in total. The average Bonchev–Trinajstić information content (AvgIpc) is 2.36. The molecule has 0 spiro atoms. The van der Waals surface area contributed by atoms with Gasteiger partial charge in [0.15, 0.2) is 11.6 Å². The molecule has 0 heterocycles. The number of hydrogen-bond donors (Lipinski definition) is 2. The fraction of sp³-hybridized carbons (Fsp3) is 0. The van der Waals surface area contributed by atoms with E-state index in [1.54, 1.807) is 6.07 Å². The van der Waals surface area contributed by atoms with Gasteiger partial charge in [-0.1, -0.05) is 11.6 Å². The molecule has 0 radical (unpaired) electrons. The molecule has 0 unspecified atom stereocenters. The van der Waals surface area contributed by atoms with Crippen LogP contribution in [0.15, 0.2) is 36.4 Å². The van der Waals surface area contributed by atoms with Gasteiger partial charge in [0.25, 0.3) is 5.91 Å². The second-order valence-electron chi connectivity index (χ2n) is 3.82. The van der Waals surface area contributed by atoms with Crippen LogP contribution in [0.4, 0.5) is 20.2 Å². The van der Waals surface area contributed by atoms with Crippen LogP contribution in [0.25, 0.3) is 0 Å². The van der Waals surface area contributed by atoms with Gasteiger partial charge in [0.1, 0.15) is 0 Å². The van der Waals surface area contributed by atoms with Crippen LogP contribution >= 0.6 is 11.6 Å². The summed E-state index contributed by atoms with van der Waals surface area (Å²) < 4.78 is 25.8. The molecule has 2 aromatic rings. The van der Waals surface area contributed by atoms with E-state index in [-0.39, 0.29) is 10.6 Å². The number of halogens is 3. The van der Waals surface area contributed by atoms with E-state index in [4.69, 9.17) is 17.3 Å². The van der Waals surface area contributed by atoms with E-state index in [9.17, 15) is 13.6 Å². The Morgan fingerprint density at radius 1 is 1.11 bits per heavy atom. The molecule has 6 heteroatoms. The molecule has 0 saturated carbocycles. The number of carbonyl (C=O) groups excluding carboxylic acids is 1. The van der Waals surface area contributed by atoms with Gasteiger partial charge in [-0.15, -0.1) is 0 Å². The van der Waals surface area contributed by atoms with Crippen LogP contribution in [-0.2, 0) is 0 Å². The van der Waals surface area contributed by atoms with Crippen molar-refractivity contribution in [2.24, 2.45) is 0 Å². The lowest BCUT2D eigenvalue weighted by Crippen LogP contribution is -2.12. The van der Waals surface area contributed by atoms with Crippen molar-refractivity contribution in [1.82, 2.24) is 0 Å². The van der Waals surface area contributed by atoms with Crippen LogP contribution < -0.4 is 11.1 Å². The molecule has 0 aliphatic rings. The minimum Gasteiger partial charge on any atom is -0.399 e. The summed E-state index contributed by atoms with van der Waals surface area (Å²) in [5.74, 6) is -2.69. The van der Waals surface area contributed by atoms with Gasteiger partial charge in [-0.3, -0.25) is 4.79 Å². The molecule has 19 heavy (non-hydrogen) atoms. The Balaban J connectivity index is 2.23. The van der Waals surface area contributed by atoms with Crippen molar-refractivity contribution >= 4 is 28.9 Å². The number of carbonyl (C=O) groups is 1. The largest absolute Gasteiger partial charge is 0.399 e. The number of rotatable bonds is 2. The van der Waals surface area contributed by atoms with E-state index in [1.807, 2.05) is 0 Å². The van der Waals surface area contributed by atoms with Gasteiger partial charge in [0.05, 0.1) is 10.7 Å². The molecule has 2 aromatic carbocycles. The Labute approximate surface area is 113 Å². The van der Waals surface area contributed by atoms with Gasteiger partial charge in [-0.2, -0.15) is 0 Å². The number of benzene rings is 2. The topological polar surface area (TPSA) is 55.1 Å². The monoisotopic (exact) mass is 282 g/mol. The van der Waals surface area contributed by atoms with Crippen molar-refractivity contribution in [1.29, 1.82) is 0 Å². The van der Waals surface area contributed by atoms with Gasteiger partial charge < -0.3 is 11.1 Å². The first kappa shape index (κ1) is 13.3. The van der Waals surface area contributed by atoms with Crippen LogP contribution in [0.1, 0.15) is 10.4 Å². The highest BCUT2D eigenvalue weighted by molar-refractivity contribution is 6.34. The van der Waals surface area contributed by atoms with Gasteiger partial charge in [0, 0.05) is 11.3 Å². The molecule has 0 aromatic heterocycles. The van der Waals surface area contributed by atoms with E-state index in [0.717, 1.165) is 12.1 Å². The van der Waals surface area contributed by atoms with Gasteiger partial charge >= 0.3 is 0 Å². The zero-order chi connectivity index (χ0) is 14.0. The van der Waals surface area contributed by atoms with Crippen LogP contribution in [0.2, 0.25) is 5.02 Å². The SMILES string of the molecule is Nc1ccc(NC(=O)c2ccc(F)c(F)c2)c(Cl)c1. The number of amides is 1. The van der Waals surface area contributed by atoms with Crippen LogP contribution in [-0.4, -0.2) is 5.91 Å². The third-order valence-electron chi connectivity index (χ3n) is 2.42. The second kappa shape index (κ2) is 5.24. The Morgan fingerprint density at radius 2 is 1.84 bits per heavy atom. The zero-order valence-electron chi connectivity index (χ0n) is 9.58. The number of nitrogen functional groups attached to an aromatic ring is 1. The summed E-state index contributed by atoms with van der Waals surface area (Å²) in [5, 5.41) is 2.74. The van der Waals surface area contributed by atoms with Crippen molar-refractivity contribution in [3.8, 4) is 0 Å². The zero-order valence-corrected chi connectivity index (χ0v) is 10.3. The molecular weight excluding hydrogens is 274 g/mol. The summed E-state index contributed by atoms with van der Waals surface area (Å²) in [4.78, 5) is 11.8. The predicted molar refractivity (Wildman–Crippen MR) is 70.2 cm³/mol. The Morgan fingerprint density at radius 3 is 2.47 bits per heavy atom. The molecule has 0 atom stereocenters. The third-order valence-corrected chi connectivity index (χ3v) is 2.74. The van der Waals surface area contributed by atoms with Crippen molar-refractivity contribution < 1.29 is 13.6 Å². The first-order valence-electron chi connectivity index (χ1n) is 5.29. The molecule has 0 saturated heterocycles. The maximum absolute atomic E-state index is 13.0. The molecule has 1 amide bonds. The second-order valence-corrected chi connectivity index (χ2v) is 4.23. The van der Waals surface area contributed by atoms with E-state index in [0.29, 0.717) is 11.4 Å². The van der Waals surface area contributed by atoms with Crippen molar-refractivity contribution in [3.05, 3.63) is 58.6 Å². The van der Waals surface area contributed by atoms with Gasteiger partial charge in [-0.05, 0) is 36.4 Å². The van der Waals surface area contributed by atoms with E-state index in [2.05, 4.69) is 5.32 Å². The summed E-state index contributed by atoms with van der Waals surface area (Å²) in [6.07, 6.45) is 0. The summed E-state index contributed by atoms with van der Waals surface area (Å²) in [7, 11) is 0. The minimum absolute atomic E-state index is 0.00760. The van der Waals surface area contributed by atoms with Crippen LogP contribution in [0.5, 0.6) is 0 Å². The number of nitrogens with one attached hydrogen (secondary N) is 1. The lowest BCUT2D eigenvalue weighted by Gasteiger charge is -2.08. The third kappa shape index (κ3) is 3.00.